The molecule has 0 aliphatic rings. The van der Waals surface area contributed by atoms with Gasteiger partial charge in [-0.2, -0.15) is 0 Å². The summed E-state index contributed by atoms with van der Waals surface area (Å²) in [6, 6.07) is 3.90. The van der Waals surface area contributed by atoms with Gasteiger partial charge in [0.25, 0.3) is 0 Å². The quantitative estimate of drug-likeness (QED) is 0.683. The lowest BCUT2D eigenvalue weighted by molar-refractivity contribution is 0.375. The highest BCUT2D eigenvalue weighted by molar-refractivity contribution is 5.09. The molecular formula is C8H10NO. The molecule has 0 saturated carbocycles. The minimum absolute atomic E-state index is 0.712. The van der Waals surface area contributed by atoms with Crippen molar-refractivity contribution >= 4 is 0 Å². The van der Waals surface area contributed by atoms with Gasteiger partial charge in [0, 0.05) is 12.4 Å². The summed E-state index contributed by atoms with van der Waals surface area (Å²) in [5.41, 5.74) is 1.21. The molecule has 0 unspecified atom stereocenters. The Balaban J connectivity index is 2.43. The van der Waals surface area contributed by atoms with E-state index in [2.05, 4.69) is 4.98 Å². The van der Waals surface area contributed by atoms with E-state index in [1.165, 1.54) is 12.2 Å². The maximum Gasteiger partial charge on any atom is 0.0802 e. The predicted octanol–water partition coefficient (Wildman–Crippen LogP) is 1.55. The van der Waals surface area contributed by atoms with E-state index in [-0.39, 0.29) is 0 Å². The third kappa shape index (κ3) is 2.15. The van der Waals surface area contributed by atoms with Crippen molar-refractivity contribution in [1.82, 2.24) is 4.98 Å². The third-order valence-electron chi connectivity index (χ3n) is 1.31. The van der Waals surface area contributed by atoms with Gasteiger partial charge in [-0.15, -0.1) is 0 Å². The number of pyridine rings is 1. The van der Waals surface area contributed by atoms with E-state index >= 15 is 0 Å². The van der Waals surface area contributed by atoms with Crippen molar-refractivity contribution in [2.75, 3.05) is 0 Å². The van der Waals surface area contributed by atoms with Crippen LogP contribution in [0.15, 0.2) is 24.5 Å². The summed E-state index contributed by atoms with van der Waals surface area (Å²) in [4.78, 5) is 3.88. The number of rotatable bonds is 3. The molecule has 0 atom stereocenters. The first-order chi connectivity index (χ1) is 4.93. The second-order valence-electron chi connectivity index (χ2n) is 2.08. The molecule has 1 aromatic rings. The topological polar surface area (TPSA) is 33.1 Å². The van der Waals surface area contributed by atoms with Gasteiger partial charge in [-0.05, 0) is 30.5 Å². The number of aliphatic hydroxyl groups excluding tert-OH is 1. The highest BCUT2D eigenvalue weighted by Crippen LogP contribution is 2.00. The Bertz CT molecular complexity index is 174. The molecule has 0 spiro atoms. The summed E-state index contributed by atoms with van der Waals surface area (Å²) < 4.78 is 0. The zero-order valence-electron chi connectivity index (χ0n) is 5.70. The Morgan fingerprint density at radius 1 is 1.40 bits per heavy atom. The smallest absolute Gasteiger partial charge is 0.0802 e. The van der Waals surface area contributed by atoms with Crippen LogP contribution in [0.5, 0.6) is 0 Å². The molecule has 1 radical (unpaired) electrons. The summed E-state index contributed by atoms with van der Waals surface area (Å²) in [5, 5.41) is 8.39. The van der Waals surface area contributed by atoms with Crippen LogP contribution in [0, 0.1) is 6.61 Å². The van der Waals surface area contributed by atoms with Gasteiger partial charge in [0.1, 0.15) is 0 Å². The molecule has 1 heterocycles. The Labute approximate surface area is 60.5 Å². The van der Waals surface area contributed by atoms with Gasteiger partial charge in [-0.1, -0.05) is 0 Å². The molecule has 0 aliphatic carbocycles. The van der Waals surface area contributed by atoms with Crippen molar-refractivity contribution in [3.63, 3.8) is 0 Å². The average Bonchev–Trinajstić information content (AvgIpc) is 2.03. The van der Waals surface area contributed by atoms with Gasteiger partial charge in [-0.3, -0.25) is 4.98 Å². The fourth-order valence-corrected chi connectivity index (χ4v) is 0.781. The number of hydrogen-bond acceptors (Lipinski definition) is 2. The Morgan fingerprint density at radius 3 is 2.70 bits per heavy atom. The third-order valence-corrected chi connectivity index (χ3v) is 1.31. The molecule has 0 aromatic carbocycles. The lowest BCUT2D eigenvalue weighted by atomic mass is 10.1. The number of aliphatic hydroxyl groups is 1. The van der Waals surface area contributed by atoms with E-state index in [1.54, 1.807) is 12.4 Å². The maximum absolute atomic E-state index is 8.39. The molecule has 0 fully saturated rings. The first-order valence-corrected chi connectivity index (χ1v) is 3.28. The van der Waals surface area contributed by atoms with Crippen LogP contribution in [0.1, 0.15) is 12.0 Å². The van der Waals surface area contributed by atoms with Crippen molar-refractivity contribution in [2.45, 2.75) is 12.8 Å². The summed E-state index contributed by atoms with van der Waals surface area (Å²) in [7, 11) is 0. The van der Waals surface area contributed by atoms with Crippen molar-refractivity contribution in [3.05, 3.63) is 36.7 Å². The van der Waals surface area contributed by atoms with E-state index in [1.807, 2.05) is 12.1 Å². The van der Waals surface area contributed by atoms with Crippen LogP contribution in [0.3, 0.4) is 0 Å². The van der Waals surface area contributed by atoms with E-state index in [9.17, 15) is 0 Å². The molecule has 10 heavy (non-hydrogen) atoms. The highest BCUT2D eigenvalue weighted by Gasteiger charge is 1.88. The van der Waals surface area contributed by atoms with Gasteiger partial charge < -0.3 is 5.11 Å². The lowest BCUT2D eigenvalue weighted by Gasteiger charge is -1.95. The molecule has 0 saturated heterocycles. The highest BCUT2D eigenvalue weighted by atomic mass is 16.2. The first kappa shape index (κ1) is 7.22. The van der Waals surface area contributed by atoms with Gasteiger partial charge >= 0.3 is 0 Å². The summed E-state index contributed by atoms with van der Waals surface area (Å²) in [6.45, 7) is 1.18. The zero-order chi connectivity index (χ0) is 7.23. The van der Waals surface area contributed by atoms with Crippen molar-refractivity contribution in [2.24, 2.45) is 0 Å². The van der Waals surface area contributed by atoms with Gasteiger partial charge in [0.05, 0.1) is 6.61 Å². The fraction of sp³-hybridized carbons (Fsp3) is 0.250. The van der Waals surface area contributed by atoms with Gasteiger partial charge in [-0.25, -0.2) is 0 Å². The van der Waals surface area contributed by atoms with Crippen molar-refractivity contribution in [1.29, 1.82) is 0 Å². The number of aryl methyl sites for hydroxylation is 1. The standard InChI is InChI=1S/C8H10NO/c10-7-1-2-8-3-5-9-6-4-8/h3-7,10H,1-2H2. The lowest BCUT2D eigenvalue weighted by Crippen LogP contribution is -1.84. The number of nitrogens with zero attached hydrogens (tertiary/aromatic N) is 1. The molecule has 0 bridgehead atoms. The largest absolute Gasteiger partial charge is 0.390 e. The van der Waals surface area contributed by atoms with E-state index in [4.69, 9.17) is 5.11 Å². The van der Waals surface area contributed by atoms with Crippen LogP contribution in [-0.4, -0.2) is 10.1 Å². The summed E-state index contributed by atoms with van der Waals surface area (Å²) in [6.07, 6.45) is 5.11. The van der Waals surface area contributed by atoms with Crippen LogP contribution in [-0.2, 0) is 6.42 Å². The van der Waals surface area contributed by atoms with E-state index < -0.39 is 0 Å². The number of hydrogen-bond donors (Lipinski definition) is 1. The second kappa shape index (κ2) is 4.01. The maximum atomic E-state index is 8.39. The molecule has 0 aliphatic heterocycles. The van der Waals surface area contributed by atoms with Crippen molar-refractivity contribution in [3.8, 4) is 0 Å². The predicted molar refractivity (Wildman–Crippen MR) is 38.8 cm³/mol. The van der Waals surface area contributed by atoms with E-state index in [0.717, 1.165) is 6.42 Å². The number of aromatic nitrogens is 1. The normalized spacial score (nSPS) is 9.70. The van der Waals surface area contributed by atoms with Crippen LogP contribution in [0.25, 0.3) is 0 Å². The van der Waals surface area contributed by atoms with Crippen LogP contribution in [0.2, 0.25) is 0 Å². The van der Waals surface area contributed by atoms with Gasteiger partial charge in [0.15, 0.2) is 0 Å². The minimum Gasteiger partial charge on any atom is -0.390 e. The first-order valence-electron chi connectivity index (χ1n) is 3.28. The molecule has 1 rings (SSSR count). The molecule has 1 aromatic heterocycles. The van der Waals surface area contributed by atoms with Crippen LogP contribution in [0.4, 0.5) is 0 Å². The van der Waals surface area contributed by atoms with Crippen LogP contribution >= 0.6 is 0 Å². The Morgan fingerprint density at radius 2 is 2.10 bits per heavy atom. The molecule has 2 heteroatoms. The van der Waals surface area contributed by atoms with Gasteiger partial charge in [0.2, 0.25) is 0 Å². The SMILES string of the molecule is O[CH]CCc1ccncc1. The van der Waals surface area contributed by atoms with Crippen molar-refractivity contribution < 1.29 is 5.11 Å². The molecule has 53 valence electrons. The summed E-state index contributed by atoms with van der Waals surface area (Å²) in [5.74, 6) is 0. The molecule has 0 amide bonds. The molecule has 2 nitrogen and oxygen atoms in total. The average molecular weight is 136 g/mol. The Hall–Kier alpha value is -0.890. The van der Waals surface area contributed by atoms with Crippen LogP contribution < -0.4 is 0 Å². The molecular weight excluding hydrogens is 126 g/mol. The summed E-state index contributed by atoms with van der Waals surface area (Å²) >= 11 is 0. The van der Waals surface area contributed by atoms with E-state index in [0.29, 0.717) is 6.42 Å². The minimum atomic E-state index is 0.712. The fourth-order valence-electron chi connectivity index (χ4n) is 0.781. The Kier molecular flexibility index (Phi) is 2.90. The molecule has 1 N–H and O–H groups in total. The second-order valence-corrected chi connectivity index (χ2v) is 2.08. The monoisotopic (exact) mass is 136 g/mol. The zero-order valence-corrected chi connectivity index (χ0v) is 5.70.